The van der Waals surface area contributed by atoms with E-state index < -0.39 is 89.5 Å². The third kappa shape index (κ3) is 23.0. The Morgan fingerprint density at radius 1 is 0.404 bits per heavy atom. The summed E-state index contributed by atoms with van der Waals surface area (Å²) in [6.45, 7) is 0.278. The lowest BCUT2D eigenvalue weighted by Crippen LogP contribution is -2.45. The standard InChI is InChI=1S/C56H76N18O15/c1-86-41-17-13-29(25-33(41)45(58)75)69-50(80)39(11-7-23-66-55(62)84)73-47(77)35-28-32(16-20-43(35)88-3)71-52(82)40(12-8-24-67-56(63)85)74-48(78)36-27-31(15-19-44(36)89-4)70-51(81)38(10-6-21-64-53(59)60)72-46(76)34-26-30(14-18-42(34)87-2)68-49(79)37(57)9-5-22-65-54(61)83/h13-20,25-28,37-40H,5-12,21-24,57H2,1-4H3,(H2,58,75)(H,68,79)(H,69,80)(H,70,81)(H,71,82)(H,72,76)(H,73,77)(H,74,78)(H4,59,60,64)(H3,61,65,83)(H3,62,66,84)(H3,63,67,85)/t37-,38-,39-,40-/m1/s1. The van der Waals surface area contributed by atoms with Gasteiger partial charge in [-0.2, -0.15) is 0 Å². The number of benzene rings is 4. The molecule has 0 aliphatic rings. The predicted molar refractivity (Wildman–Crippen MR) is 327 cm³/mol. The number of hydrogen-bond donors (Lipinski definition) is 17. The van der Waals surface area contributed by atoms with Gasteiger partial charge in [0.15, 0.2) is 5.96 Å². The second-order valence-electron chi connectivity index (χ2n) is 19.4. The van der Waals surface area contributed by atoms with Crippen LogP contribution in [0, 0.1) is 0 Å². The number of carbonyl (C=O) groups excluding carboxylic acids is 11. The van der Waals surface area contributed by atoms with Crippen LogP contribution in [0.15, 0.2) is 77.8 Å². The molecule has 4 rings (SSSR count). The molecule has 24 N–H and O–H groups in total. The molecule has 0 aromatic heterocycles. The first-order valence-corrected chi connectivity index (χ1v) is 27.5. The molecule has 0 aliphatic carbocycles. The number of rotatable bonds is 35. The van der Waals surface area contributed by atoms with Crippen LogP contribution in [0.1, 0.15) is 92.8 Å². The molecule has 14 amide bonds. The summed E-state index contributed by atoms with van der Waals surface area (Å²) in [4.78, 5) is 148. The van der Waals surface area contributed by atoms with Gasteiger partial charge in [-0.25, -0.2) is 14.4 Å². The van der Waals surface area contributed by atoms with Gasteiger partial charge in [-0.3, -0.25) is 43.3 Å². The Morgan fingerprint density at radius 2 is 0.697 bits per heavy atom. The van der Waals surface area contributed by atoms with E-state index in [0.717, 1.165) is 0 Å². The number of carbonyl (C=O) groups is 11. The molecule has 4 aromatic rings. The maximum absolute atomic E-state index is 14.3. The molecule has 89 heavy (non-hydrogen) atoms. The summed E-state index contributed by atoms with van der Waals surface area (Å²) in [6.07, 6.45) is 0.788. The second-order valence-corrected chi connectivity index (χ2v) is 19.4. The van der Waals surface area contributed by atoms with Gasteiger partial charge >= 0.3 is 18.1 Å². The number of urea groups is 3. The monoisotopic (exact) mass is 1240 g/mol. The molecular weight excluding hydrogens is 1160 g/mol. The van der Waals surface area contributed by atoms with E-state index in [0.29, 0.717) is 6.42 Å². The maximum atomic E-state index is 14.3. The van der Waals surface area contributed by atoms with Gasteiger partial charge in [0, 0.05) is 48.9 Å². The number of aliphatic imine (C=N–C) groups is 1. The highest BCUT2D eigenvalue weighted by Crippen LogP contribution is 2.28. The molecular formula is C56H76N18O15. The smallest absolute Gasteiger partial charge is 0.312 e. The summed E-state index contributed by atoms with van der Waals surface area (Å²) >= 11 is 0. The summed E-state index contributed by atoms with van der Waals surface area (Å²) in [6, 6.07) is 9.06. The zero-order chi connectivity index (χ0) is 65.7. The molecule has 33 nitrogen and oxygen atoms in total. The first-order chi connectivity index (χ1) is 42.4. The number of ether oxygens (including phenoxy) is 4. The number of hydrogen-bond acceptors (Lipinski definition) is 17. The molecule has 0 saturated heterocycles. The molecule has 0 heterocycles. The lowest BCUT2D eigenvalue weighted by Gasteiger charge is -2.22. The SMILES string of the molecule is COc1ccc(NC(=O)[C@@H](CCCNC(N)=O)NC(=O)c2cc(NC(=O)[C@@H](CCCNC(N)=O)NC(=O)c3cc(NC(=O)[C@@H](CCCN=C(N)N)NC(=O)c4cc(NC(=O)[C@H](N)CCCNC(N)=O)ccc4OC)ccc3OC)ccc2OC)cc1C(N)=O. The zero-order valence-electron chi connectivity index (χ0n) is 49.3. The van der Waals surface area contributed by atoms with Crippen molar-refractivity contribution >= 4 is 94.1 Å². The third-order valence-electron chi connectivity index (χ3n) is 12.9. The van der Waals surface area contributed by atoms with Gasteiger partial charge in [-0.05, 0) is 124 Å². The number of nitrogens with two attached hydrogens (primary N) is 7. The van der Waals surface area contributed by atoms with E-state index in [2.05, 4.69) is 58.2 Å². The Kier molecular flexibility index (Phi) is 28.0. The quantitative estimate of drug-likeness (QED) is 0.0160. The fourth-order valence-corrected chi connectivity index (χ4v) is 8.51. The van der Waals surface area contributed by atoms with Gasteiger partial charge in [0.05, 0.1) is 56.7 Å². The van der Waals surface area contributed by atoms with E-state index in [1.165, 1.54) is 101 Å². The normalized spacial score (nSPS) is 11.9. The molecule has 4 aromatic carbocycles. The van der Waals surface area contributed by atoms with Crippen molar-refractivity contribution in [2.45, 2.75) is 75.5 Å². The molecule has 0 spiro atoms. The van der Waals surface area contributed by atoms with Crippen LogP contribution in [0.4, 0.5) is 37.1 Å². The summed E-state index contributed by atoms with van der Waals surface area (Å²) in [7, 11) is 5.19. The largest absolute Gasteiger partial charge is 0.496 e. The minimum absolute atomic E-state index is 0.00130. The minimum Gasteiger partial charge on any atom is -0.496 e. The minimum atomic E-state index is -1.38. The van der Waals surface area contributed by atoms with Crippen molar-refractivity contribution in [2.75, 3.05) is 75.9 Å². The number of methoxy groups -OCH3 is 4. The molecule has 4 atom stereocenters. The van der Waals surface area contributed by atoms with Gasteiger partial charge in [0.1, 0.15) is 41.1 Å². The highest BCUT2D eigenvalue weighted by atomic mass is 16.5. The molecule has 0 saturated carbocycles. The van der Waals surface area contributed by atoms with Crippen molar-refractivity contribution in [2.24, 2.45) is 45.1 Å². The van der Waals surface area contributed by atoms with Gasteiger partial charge in [-0.1, -0.05) is 0 Å². The maximum Gasteiger partial charge on any atom is 0.312 e. The van der Waals surface area contributed by atoms with Gasteiger partial charge in [0.2, 0.25) is 23.6 Å². The Morgan fingerprint density at radius 3 is 1.00 bits per heavy atom. The van der Waals surface area contributed by atoms with Crippen molar-refractivity contribution < 1.29 is 71.7 Å². The number of primary amides is 4. The number of guanidine groups is 1. The Bertz CT molecular complexity index is 3250. The van der Waals surface area contributed by atoms with Crippen LogP contribution in [-0.2, 0) is 19.2 Å². The molecule has 0 radical (unpaired) electrons. The average molecular weight is 1240 g/mol. The van der Waals surface area contributed by atoms with Crippen LogP contribution >= 0.6 is 0 Å². The van der Waals surface area contributed by atoms with Gasteiger partial charge in [0.25, 0.3) is 23.6 Å². The topological polar surface area (TPSA) is 539 Å². The van der Waals surface area contributed by atoms with Crippen molar-refractivity contribution in [3.63, 3.8) is 0 Å². The van der Waals surface area contributed by atoms with Gasteiger partial charge in [-0.15, -0.1) is 0 Å². The van der Waals surface area contributed by atoms with Crippen LogP contribution in [0.25, 0.3) is 0 Å². The highest BCUT2D eigenvalue weighted by Gasteiger charge is 2.29. The number of nitrogens with zero attached hydrogens (tertiary/aromatic N) is 1. The van der Waals surface area contributed by atoms with Crippen molar-refractivity contribution in [1.29, 1.82) is 0 Å². The van der Waals surface area contributed by atoms with Crippen LogP contribution in [0.2, 0.25) is 0 Å². The lowest BCUT2D eigenvalue weighted by molar-refractivity contribution is -0.118. The van der Waals surface area contributed by atoms with E-state index in [9.17, 15) is 52.7 Å². The van der Waals surface area contributed by atoms with Crippen LogP contribution < -0.4 is 112 Å². The molecule has 33 heteroatoms. The van der Waals surface area contributed by atoms with Crippen molar-refractivity contribution in [3.8, 4) is 23.0 Å². The molecule has 0 bridgehead atoms. The summed E-state index contributed by atoms with van der Waals surface area (Å²) < 4.78 is 21.6. The first kappa shape index (κ1) is 70.4. The third-order valence-corrected chi connectivity index (χ3v) is 12.9. The second kappa shape index (κ2) is 35.4. The lowest BCUT2D eigenvalue weighted by atomic mass is 10.1. The average Bonchev–Trinajstić information content (AvgIpc) is 2.33. The summed E-state index contributed by atoms with van der Waals surface area (Å²) in [5, 5.41) is 25.9. The van der Waals surface area contributed by atoms with E-state index in [1.807, 2.05) is 0 Å². The van der Waals surface area contributed by atoms with Crippen molar-refractivity contribution in [3.05, 3.63) is 95.1 Å². The van der Waals surface area contributed by atoms with Crippen molar-refractivity contribution in [1.82, 2.24) is 31.9 Å². The fourth-order valence-electron chi connectivity index (χ4n) is 8.51. The molecule has 0 unspecified atom stereocenters. The van der Waals surface area contributed by atoms with Crippen LogP contribution in [-0.4, -0.2) is 150 Å². The van der Waals surface area contributed by atoms with E-state index in [1.54, 1.807) is 0 Å². The molecule has 480 valence electrons. The number of amides is 14. The Hall–Kier alpha value is -11.1. The molecule has 0 fully saturated rings. The first-order valence-electron chi connectivity index (χ1n) is 27.5. The Balaban J connectivity index is 1.60. The highest BCUT2D eigenvalue weighted by molar-refractivity contribution is 6.08. The van der Waals surface area contributed by atoms with Crippen LogP contribution in [0.5, 0.6) is 23.0 Å². The summed E-state index contributed by atoms with van der Waals surface area (Å²) in [5.41, 5.74) is 38.1. The fraction of sp³-hybridized carbons (Fsp3) is 0.357. The summed E-state index contributed by atoms with van der Waals surface area (Å²) in [5.74, 6) is -6.25. The van der Waals surface area contributed by atoms with Crippen LogP contribution in [0.3, 0.4) is 0 Å². The van der Waals surface area contributed by atoms with E-state index in [4.69, 9.17) is 59.1 Å². The van der Waals surface area contributed by atoms with E-state index >= 15 is 0 Å². The van der Waals surface area contributed by atoms with E-state index in [-0.39, 0.29) is 145 Å². The Labute approximate surface area is 510 Å². The predicted octanol–water partition coefficient (Wildman–Crippen LogP) is -0.304. The van der Waals surface area contributed by atoms with Gasteiger partial charge < -0.3 is 112 Å². The number of anilines is 4. The zero-order valence-corrected chi connectivity index (χ0v) is 49.3. The number of nitrogens with one attached hydrogen (secondary N) is 10. The molecule has 0 aliphatic heterocycles.